The van der Waals surface area contributed by atoms with Gasteiger partial charge in [-0.3, -0.25) is 0 Å². The lowest BCUT2D eigenvalue weighted by molar-refractivity contribution is 0.354. The molecule has 0 unspecified atom stereocenters. The molecule has 4 heteroatoms. The molecule has 0 heterocycles. The molecule has 0 aliphatic carbocycles. The number of rotatable bonds is 9. The number of hydrogen-bond acceptors (Lipinski definition) is 3. The Morgan fingerprint density at radius 2 is 1.63 bits per heavy atom. The molecule has 0 aromatic heterocycles. The van der Waals surface area contributed by atoms with Gasteiger partial charge in [0.1, 0.15) is 0 Å². The van der Waals surface area contributed by atoms with Crippen LogP contribution in [0, 0.1) is 0 Å². The van der Waals surface area contributed by atoms with Crippen LogP contribution in [-0.2, 0) is 6.42 Å². The molecule has 0 spiro atoms. The Kier molecular flexibility index (Phi) is 7.91. The van der Waals surface area contributed by atoms with Crippen LogP contribution < -0.4 is 14.8 Å². The minimum atomic E-state index is 0.771. The van der Waals surface area contributed by atoms with E-state index in [1.807, 2.05) is 13.1 Å². The van der Waals surface area contributed by atoms with Crippen molar-refractivity contribution in [2.75, 3.05) is 27.8 Å². The maximum absolute atomic E-state index is 5.34. The molecule has 108 valence electrons. The molecule has 0 fully saturated rings. The minimum Gasteiger partial charge on any atom is -0.493 e. The SMILES string of the molecule is CNCCCCCCc1cc(OC)c(OC)cc1Br. The summed E-state index contributed by atoms with van der Waals surface area (Å²) >= 11 is 3.60. The molecule has 0 saturated heterocycles. The lowest BCUT2D eigenvalue weighted by Crippen LogP contribution is -2.06. The predicted octanol–water partition coefficient (Wildman–Crippen LogP) is 3.79. The van der Waals surface area contributed by atoms with Crippen LogP contribution in [-0.4, -0.2) is 27.8 Å². The van der Waals surface area contributed by atoms with Gasteiger partial charge >= 0.3 is 0 Å². The van der Waals surface area contributed by atoms with Gasteiger partial charge in [0.05, 0.1) is 14.2 Å². The van der Waals surface area contributed by atoms with E-state index >= 15 is 0 Å². The predicted molar refractivity (Wildman–Crippen MR) is 83.3 cm³/mol. The Morgan fingerprint density at radius 1 is 1.00 bits per heavy atom. The van der Waals surface area contributed by atoms with Crippen molar-refractivity contribution >= 4 is 15.9 Å². The molecule has 1 rings (SSSR count). The molecule has 0 aliphatic rings. The standard InChI is InChI=1S/C15H24BrNO2/c1-17-9-7-5-4-6-8-12-10-14(18-2)15(19-3)11-13(12)16/h10-11,17H,4-9H2,1-3H3. The molecular weight excluding hydrogens is 306 g/mol. The smallest absolute Gasteiger partial charge is 0.161 e. The molecule has 3 nitrogen and oxygen atoms in total. The number of aryl methyl sites for hydroxylation is 1. The van der Waals surface area contributed by atoms with Gasteiger partial charge in [-0.15, -0.1) is 0 Å². The first kappa shape index (κ1) is 16.3. The van der Waals surface area contributed by atoms with Crippen molar-refractivity contribution in [1.82, 2.24) is 5.32 Å². The summed E-state index contributed by atoms with van der Waals surface area (Å²) in [5.74, 6) is 1.57. The van der Waals surface area contributed by atoms with Crippen molar-refractivity contribution in [3.8, 4) is 11.5 Å². The normalized spacial score (nSPS) is 10.5. The van der Waals surface area contributed by atoms with E-state index in [0.717, 1.165) is 28.9 Å². The summed E-state index contributed by atoms with van der Waals surface area (Å²) < 4.78 is 11.7. The van der Waals surface area contributed by atoms with E-state index in [1.54, 1.807) is 14.2 Å². The third kappa shape index (κ3) is 5.41. The van der Waals surface area contributed by atoms with Crippen LogP contribution in [0.3, 0.4) is 0 Å². The van der Waals surface area contributed by atoms with Gasteiger partial charge in [0.25, 0.3) is 0 Å². The van der Waals surface area contributed by atoms with Crippen LogP contribution in [0.2, 0.25) is 0 Å². The van der Waals surface area contributed by atoms with Gasteiger partial charge < -0.3 is 14.8 Å². The first-order valence-corrected chi connectivity index (χ1v) is 7.57. The summed E-state index contributed by atoms with van der Waals surface area (Å²) in [6.07, 6.45) is 6.08. The molecular formula is C15H24BrNO2. The number of methoxy groups -OCH3 is 2. The summed E-state index contributed by atoms with van der Waals surface area (Å²) in [5, 5.41) is 3.18. The fourth-order valence-electron chi connectivity index (χ4n) is 2.06. The maximum atomic E-state index is 5.34. The van der Waals surface area contributed by atoms with Gasteiger partial charge in [0.2, 0.25) is 0 Å². The Balaban J connectivity index is 2.49. The van der Waals surface area contributed by atoms with E-state index in [1.165, 1.54) is 31.2 Å². The molecule has 0 amide bonds. The van der Waals surface area contributed by atoms with Crippen LogP contribution in [0.15, 0.2) is 16.6 Å². The largest absolute Gasteiger partial charge is 0.493 e. The number of halogens is 1. The second-order valence-corrected chi connectivity index (χ2v) is 5.42. The monoisotopic (exact) mass is 329 g/mol. The quantitative estimate of drug-likeness (QED) is 0.699. The van der Waals surface area contributed by atoms with Crippen molar-refractivity contribution in [3.63, 3.8) is 0 Å². The van der Waals surface area contributed by atoms with Crippen LogP contribution in [0.1, 0.15) is 31.2 Å². The lowest BCUT2D eigenvalue weighted by Gasteiger charge is -2.12. The highest BCUT2D eigenvalue weighted by atomic mass is 79.9. The summed E-state index contributed by atoms with van der Waals surface area (Å²) in [5.41, 5.74) is 1.28. The third-order valence-electron chi connectivity index (χ3n) is 3.18. The molecule has 19 heavy (non-hydrogen) atoms. The summed E-state index contributed by atoms with van der Waals surface area (Å²) in [4.78, 5) is 0. The van der Waals surface area contributed by atoms with Gasteiger partial charge in [-0.1, -0.05) is 28.8 Å². The van der Waals surface area contributed by atoms with Gasteiger partial charge in [-0.05, 0) is 50.6 Å². The zero-order valence-electron chi connectivity index (χ0n) is 12.1. The molecule has 1 aromatic rings. The molecule has 1 N–H and O–H groups in total. The van der Waals surface area contributed by atoms with Crippen molar-refractivity contribution in [2.24, 2.45) is 0 Å². The fourth-order valence-corrected chi connectivity index (χ4v) is 2.58. The van der Waals surface area contributed by atoms with E-state index < -0.39 is 0 Å². The van der Waals surface area contributed by atoms with E-state index in [0.29, 0.717) is 0 Å². The van der Waals surface area contributed by atoms with Crippen LogP contribution in [0.25, 0.3) is 0 Å². The Morgan fingerprint density at radius 3 is 2.26 bits per heavy atom. The average Bonchev–Trinajstić information content (AvgIpc) is 2.43. The first-order valence-electron chi connectivity index (χ1n) is 6.78. The van der Waals surface area contributed by atoms with Gasteiger partial charge in [-0.25, -0.2) is 0 Å². The van der Waals surface area contributed by atoms with Gasteiger partial charge in [0.15, 0.2) is 11.5 Å². The van der Waals surface area contributed by atoms with Crippen molar-refractivity contribution in [1.29, 1.82) is 0 Å². The fraction of sp³-hybridized carbons (Fsp3) is 0.600. The number of nitrogens with one attached hydrogen (secondary N) is 1. The van der Waals surface area contributed by atoms with Crippen molar-refractivity contribution in [2.45, 2.75) is 32.1 Å². The molecule has 1 aromatic carbocycles. The molecule has 0 aliphatic heterocycles. The Hall–Kier alpha value is -0.740. The third-order valence-corrected chi connectivity index (χ3v) is 3.91. The van der Waals surface area contributed by atoms with Crippen molar-refractivity contribution < 1.29 is 9.47 Å². The topological polar surface area (TPSA) is 30.5 Å². The minimum absolute atomic E-state index is 0.771. The average molecular weight is 330 g/mol. The molecule has 0 atom stereocenters. The summed E-state index contributed by atoms with van der Waals surface area (Å²) in [6.45, 7) is 1.11. The highest BCUT2D eigenvalue weighted by Gasteiger charge is 2.09. The van der Waals surface area contributed by atoms with Crippen LogP contribution in [0.4, 0.5) is 0 Å². The lowest BCUT2D eigenvalue weighted by atomic mass is 10.1. The van der Waals surface area contributed by atoms with E-state index in [9.17, 15) is 0 Å². The van der Waals surface area contributed by atoms with Crippen LogP contribution >= 0.6 is 15.9 Å². The van der Waals surface area contributed by atoms with Crippen LogP contribution in [0.5, 0.6) is 11.5 Å². The van der Waals surface area contributed by atoms with E-state index in [-0.39, 0.29) is 0 Å². The first-order chi connectivity index (χ1) is 9.22. The maximum Gasteiger partial charge on any atom is 0.161 e. The van der Waals surface area contributed by atoms with Gasteiger partial charge in [-0.2, -0.15) is 0 Å². The number of benzene rings is 1. The number of ether oxygens (including phenoxy) is 2. The number of unbranched alkanes of at least 4 members (excludes halogenated alkanes) is 3. The highest BCUT2D eigenvalue weighted by molar-refractivity contribution is 9.10. The Labute approximate surface area is 124 Å². The summed E-state index contributed by atoms with van der Waals surface area (Å²) in [7, 11) is 5.33. The molecule has 0 saturated carbocycles. The molecule has 0 bridgehead atoms. The van der Waals surface area contributed by atoms with Gasteiger partial charge in [0, 0.05) is 4.47 Å². The second kappa shape index (κ2) is 9.21. The molecule has 0 radical (unpaired) electrons. The number of hydrogen-bond donors (Lipinski definition) is 1. The zero-order valence-corrected chi connectivity index (χ0v) is 13.7. The Bertz CT molecular complexity index is 383. The summed E-state index contributed by atoms with van der Waals surface area (Å²) in [6, 6.07) is 4.05. The van der Waals surface area contributed by atoms with E-state index in [4.69, 9.17) is 9.47 Å². The zero-order chi connectivity index (χ0) is 14.1. The van der Waals surface area contributed by atoms with E-state index in [2.05, 4.69) is 27.3 Å². The highest BCUT2D eigenvalue weighted by Crippen LogP contribution is 2.33. The second-order valence-electron chi connectivity index (χ2n) is 4.57. The van der Waals surface area contributed by atoms with Crippen molar-refractivity contribution in [3.05, 3.63) is 22.2 Å².